The fourth-order valence-electron chi connectivity index (χ4n) is 2.29. The van der Waals surface area contributed by atoms with E-state index in [-0.39, 0.29) is 6.61 Å². The number of hydrogen-bond donors (Lipinski definition) is 2. The topological polar surface area (TPSA) is 44.7 Å². The van der Waals surface area contributed by atoms with Crippen LogP contribution in [0.5, 0.6) is 0 Å². The molecule has 0 amide bonds. The van der Waals surface area contributed by atoms with Gasteiger partial charge in [0.2, 0.25) is 0 Å². The van der Waals surface area contributed by atoms with Gasteiger partial charge in [-0.25, -0.2) is 0 Å². The molecule has 0 spiro atoms. The number of methoxy groups -OCH3 is 1. The zero-order chi connectivity index (χ0) is 11.8. The summed E-state index contributed by atoms with van der Waals surface area (Å²) >= 11 is 0. The molecule has 96 valence electrons. The van der Waals surface area contributed by atoms with E-state index in [1.807, 2.05) is 0 Å². The number of hydrogen-bond acceptors (Lipinski definition) is 4. The van der Waals surface area contributed by atoms with E-state index in [1.54, 1.807) is 7.11 Å². The summed E-state index contributed by atoms with van der Waals surface area (Å²) in [5.41, 5.74) is 0. The van der Waals surface area contributed by atoms with Crippen molar-refractivity contribution in [2.45, 2.75) is 38.3 Å². The van der Waals surface area contributed by atoms with Crippen LogP contribution in [0.3, 0.4) is 0 Å². The maximum absolute atomic E-state index is 9.09. The highest BCUT2D eigenvalue weighted by Gasteiger charge is 2.20. The first kappa shape index (κ1) is 13.9. The average Bonchev–Trinajstić information content (AvgIpc) is 2.78. The van der Waals surface area contributed by atoms with Crippen molar-refractivity contribution in [3.63, 3.8) is 0 Å². The minimum Gasteiger partial charge on any atom is -0.395 e. The number of rotatable bonds is 8. The summed E-state index contributed by atoms with van der Waals surface area (Å²) in [5, 5.41) is 12.6. The molecular weight excluding hydrogens is 204 g/mol. The van der Waals surface area contributed by atoms with E-state index in [1.165, 1.54) is 12.8 Å². The summed E-state index contributed by atoms with van der Waals surface area (Å²) in [6, 6.07) is 1.09. The molecule has 2 unspecified atom stereocenters. The smallest absolute Gasteiger partial charge is 0.0558 e. The van der Waals surface area contributed by atoms with E-state index in [9.17, 15) is 0 Å². The highest BCUT2D eigenvalue weighted by Crippen LogP contribution is 2.10. The van der Waals surface area contributed by atoms with Crippen LogP contribution >= 0.6 is 0 Å². The quantitative estimate of drug-likeness (QED) is 0.636. The Hall–Kier alpha value is -0.160. The van der Waals surface area contributed by atoms with Gasteiger partial charge in [0.15, 0.2) is 0 Å². The number of nitrogens with zero attached hydrogens (tertiary/aromatic N) is 1. The van der Waals surface area contributed by atoms with E-state index < -0.39 is 0 Å². The summed E-state index contributed by atoms with van der Waals surface area (Å²) in [6.07, 6.45) is 3.58. The van der Waals surface area contributed by atoms with Gasteiger partial charge in [0.1, 0.15) is 0 Å². The summed E-state index contributed by atoms with van der Waals surface area (Å²) in [4.78, 5) is 2.36. The minimum atomic E-state index is 0.240. The van der Waals surface area contributed by atoms with Gasteiger partial charge < -0.3 is 15.2 Å². The normalized spacial score (nSPS) is 22.9. The van der Waals surface area contributed by atoms with Gasteiger partial charge >= 0.3 is 0 Å². The number of nitrogens with one attached hydrogen (secondary N) is 1. The van der Waals surface area contributed by atoms with Crippen LogP contribution < -0.4 is 5.32 Å². The molecule has 1 aliphatic heterocycles. The molecule has 4 heteroatoms. The van der Waals surface area contributed by atoms with Crippen LogP contribution in [0.25, 0.3) is 0 Å². The van der Waals surface area contributed by atoms with Crippen molar-refractivity contribution in [3.8, 4) is 0 Å². The van der Waals surface area contributed by atoms with Gasteiger partial charge in [-0.05, 0) is 32.7 Å². The van der Waals surface area contributed by atoms with Crippen LogP contribution in [0.1, 0.15) is 26.2 Å². The molecule has 1 fully saturated rings. The number of aliphatic hydroxyl groups is 1. The van der Waals surface area contributed by atoms with Gasteiger partial charge in [0, 0.05) is 38.9 Å². The molecule has 0 radical (unpaired) electrons. The molecular formula is C12H26N2O2. The molecule has 0 bridgehead atoms. The zero-order valence-electron chi connectivity index (χ0n) is 10.6. The largest absolute Gasteiger partial charge is 0.395 e. The standard InChI is InChI=1S/C12H26N2O2/c1-11(5-9-16-2)14(7-8-15)10-12-4-3-6-13-12/h11-13,15H,3-10H2,1-2H3. The first-order valence-electron chi connectivity index (χ1n) is 6.35. The van der Waals surface area contributed by atoms with Gasteiger partial charge in [-0.2, -0.15) is 0 Å². The van der Waals surface area contributed by atoms with Crippen LogP contribution in [0.15, 0.2) is 0 Å². The fourth-order valence-corrected chi connectivity index (χ4v) is 2.29. The molecule has 0 aliphatic carbocycles. The molecule has 1 rings (SSSR count). The molecule has 1 heterocycles. The maximum Gasteiger partial charge on any atom is 0.0558 e. The zero-order valence-corrected chi connectivity index (χ0v) is 10.6. The second-order valence-corrected chi connectivity index (χ2v) is 4.64. The van der Waals surface area contributed by atoms with E-state index in [2.05, 4.69) is 17.1 Å². The lowest BCUT2D eigenvalue weighted by Crippen LogP contribution is -2.44. The molecule has 2 atom stereocenters. The Morgan fingerprint density at radius 3 is 2.94 bits per heavy atom. The van der Waals surface area contributed by atoms with Crippen LogP contribution in [0, 0.1) is 0 Å². The number of aliphatic hydroxyl groups excluding tert-OH is 1. The monoisotopic (exact) mass is 230 g/mol. The lowest BCUT2D eigenvalue weighted by Gasteiger charge is -2.30. The Morgan fingerprint density at radius 2 is 2.38 bits per heavy atom. The van der Waals surface area contributed by atoms with E-state index in [0.29, 0.717) is 12.1 Å². The Balaban J connectivity index is 2.32. The molecule has 1 saturated heterocycles. The van der Waals surface area contributed by atoms with E-state index in [4.69, 9.17) is 9.84 Å². The highest BCUT2D eigenvalue weighted by atomic mass is 16.5. The minimum absolute atomic E-state index is 0.240. The molecule has 0 saturated carbocycles. The molecule has 0 aromatic rings. The fraction of sp³-hybridized carbons (Fsp3) is 1.00. The summed E-state index contributed by atoms with van der Waals surface area (Å²) in [7, 11) is 1.74. The third-order valence-corrected chi connectivity index (χ3v) is 3.37. The van der Waals surface area contributed by atoms with Crippen LogP contribution in [-0.2, 0) is 4.74 Å². The second kappa shape index (κ2) is 8.01. The molecule has 1 aliphatic rings. The Labute approximate surface area is 99.0 Å². The summed E-state index contributed by atoms with van der Waals surface area (Å²) < 4.78 is 5.11. The average molecular weight is 230 g/mol. The van der Waals surface area contributed by atoms with Gasteiger partial charge in [0.05, 0.1) is 6.61 Å². The van der Waals surface area contributed by atoms with Gasteiger partial charge in [-0.1, -0.05) is 0 Å². The number of ether oxygens (including phenoxy) is 1. The molecule has 4 nitrogen and oxygen atoms in total. The van der Waals surface area contributed by atoms with Crippen LogP contribution in [-0.4, -0.2) is 62.0 Å². The molecule has 16 heavy (non-hydrogen) atoms. The van der Waals surface area contributed by atoms with Crippen molar-refractivity contribution < 1.29 is 9.84 Å². The first-order valence-corrected chi connectivity index (χ1v) is 6.35. The first-order chi connectivity index (χ1) is 7.77. The summed E-state index contributed by atoms with van der Waals surface area (Å²) in [5.74, 6) is 0. The van der Waals surface area contributed by atoms with Crippen LogP contribution in [0.4, 0.5) is 0 Å². The molecule has 0 aromatic carbocycles. The lowest BCUT2D eigenvalue weighted by atomic mass is 10.1. The predicted octanol–water partition coefficient (Wildman–Crippen LogP) is 0.458. The summed E-state index contributed by atoms with van der Waals surface area (Å²) in [6.45, 7) is 6.20. The third kappa shape index (κ3) is 4.78. The lowest BCUT2D eigenvalue weighted by molar-refractivity contribution is 0.112. The van der Waals surface area contributed by atoms with Crippen molar-refractivity contribution in [1.82, 2.24) is 10.2 Å². The molecule has 2 N–H and O–H groups in total. The van der Waals surface area contributed by atoms with Gasteiger partial charge in [0.25, 0.3) is 0 Å². The van der Waals surface area contributed by atoms with Gasteiger partial charge in [-0.15, -0.1) is 0 Å². The van der Waals surface area contributed by atoms with Crippen molar-refractivity contribution in [1.29, 1.82) is 0 Å². The van der Waals surface area contributed by atoms with Crippen molar-refractivity contribution in [2.75, 3.05) is 40.0 Å². The van der Waals surface area contributed by atoms with E-state index in [0.717, 1.165) is 32.7 Å². The molecule has 0 aromatic heterocycles. The SMILES string of the molecule is COCCC(C)N(CCO)CC1CCCN1. The Morgan fingerprint density at radius 1 is 1.56 bits per heavy atom. The highest BCUT2D eigenvalue weighted by molar-refractivity contribution is 4.80. The Kier molecular flexibility index (Phi) is 6.96. The van der Waals surface area contributed by atoms with Crippen molar-refractivity contribution in [2.24, 2.45) is 0 Å². The maximum atomic E-state index is 9.09. The van der Waals surface area contributed by atoms with Crippen LogP contribution in [0.2, 0.25) is 0 Å². The van der Waals surface area contributed by atoms with Crippen molar-refractivity contribution >= 4 is 0 Å². The van der Waals surface area contributed by atoms with Crippen molar-refractivity contribution in [3.05, 3.63) is 0 Å². The second-order valence-electron chi connectivity index (χ2n) is 4.64. The van der Waals surface area contributed by atoms with Gasteiger partial charge in [-0.3, -0.25) is 4.90 Å². The third-order valence-electron chi connectivity index (χ3n) is 3.37. The predicted molar refractivity (Wildman–Crippen MR) is 65.6 cm³/mol. The Bertz CT molecular complexity index is 172. The van der Waals surface area contributed by atoms with E-state index >= 15 is 0 Å².